The third kappa shape index (κ3) is 2.94. The van der Waals surface area contributed by atoms with E-state index in [9.17, 15) is 0 Å². The molecule has 88 valence electrons. The van der Waals surface area contributed by atoms with Crippen LogP contribution in [0.15, 0.2) is 0 Å². The predicted molar refractivity (Wildman–Crippen MR) is 65.1 cm³/mol. The average Bonchev–Trinajstić information content (AvgIpc) is 2.29. The molecule has 1 heterocycles. The van der Waals surface area contributed by atoms with Crippen molar-refractivity contribution in [3.8, 4) is 0 Å². The minimum atomic E-state index is 0.910. The second-order valence-electron chi connectivity index (χ2n) is 5.40. The third-order valence-corrected chi connectivity index (χ3v) is 4.28. The van der Waals surface area contributed by atoms with Gasteiger partial charge in [-0.05, 0) is 25.3 Å². The summed E-state index contributed by atoms with van der Waals surface area (Å²) < 4.78 is 0. The first kappa shape index (κ1) is 11.4. The molecule has 0 aromatic heterocycles. The Morgan fingerprint density at radius 3 is 2.40 bits per heavy atom. The first-order valence-electron chi connectivity index (χ1n) is 6.76. The number of piperazine rings is 1. The highest BCUT2D eigenvalue weighted by molar-refractivity contribution is 4.82. The van der Waals surface area contributed by atoms with Gasteiger partial charge in [0, 0.05) is 32.2 Å². The molecule has 0 amide bonds. The molecule has 15 heavy (non-hydrogen) atoms. The van der Waals surface area contributed by atoms with Crippen molar-refractivity contribution in [2.75, 3.05) is 32.7 Å². The number of hydrogen-bond acceptors (Lipinski definition) is 2. The lowest BCUT2D eigenvalue weighted by Crippen LogP contribution is -2.51. The van der Waals surface area contributed by atoms with Gasteiger partial charge in [-0.3, -0.25) is 4.90 Å². The first-order valence-corrected chi connectivity index (χ1v) is 6.76. The number of nitrogens with zero attached hydrogens (tertiary/aromatic N) is 2. The van der Waals surface area contributed by atoms with Crippen LogP contribution in [0.2, 0.25) is 0 Å². The zero-order valence-electron chi connectivity index (χ0n) is 10.4. The Labute approximate surface area is 94.6 Å². The summed E-state index contributed by atoms with van der Waals surface area (Å²) >= 11 is 0. The Balaban J connectivity index is 1.79. The van der Waals surface area contributed by atoms with Gasteiger partial charge in [-0.2, -0.15) is 0 Å². The lowest BCUT2D eigenvalue weighted by molar-refractivity contribution is 0.0714. The lowest BCUT2D eigenvalue weighted by atomic mass is 9.86. The van der Waals surface area contributed by atoms with Crippen LogP contribution >= 0.6 is 0 Å². The van der Waals surface area contributed by atoms with Crippen LogP contribution in [0, 0.1) is 5.92 Å². The Bertz CT molecular complexity index is 185. The Morgan fingerprint density at radius 1 is 1.07 bits per heavy atom. The second kappa shape index (κ2) is 5.31. The van der Waals surface area contributed by atoms with Crippen LogP contribution in [0.3, 0.4) is 0 Å². The van der Waals surface area contributed by atoms with Crippen molar-refractivity contribution in [1.82, 2.24) is 9.80 Å². The van der Waals surface area contributed by atoms with E-state index in [1.807, 2.05) is 0 Å². The van der Waals surface area contributed by atoms with Crippen molar-refractivity contribution in [3.05, 3.63) is 0 Å². The van der Waals surface area contributed by atoms with Crippen molar-refractivity contribution in [2.24, 2.45) is 5.92 Å². The molecule has 1 aliphatic heterocycles. The molecular formula is C13H26N2. The average molecular weight is 210 g/mol. The molecule has 0 aromatic rings. The maximum atomic E-state index is 2.75. The quantitative estimate of drug-likeness (QED) is 0.689. The van der Waals surface area contributed by atoms with Crippen LogP contribution in [0.5, 0.6) is 0 Å². The van der Waals surface area contributed by atoms with Crippen molar-refractivity contribution in [1.29, 1.82) is 0 Å². The van der Waals surface area contributed by atoms with Gasteiger partial charge in [0.1, 0.15) is 0 Å². The zero-order valence-corrected chi connectivity index (χ0v) is 10.4. The molecule has 1 aliphatic carbocycles. The normalized spacial score (nSPS) is 35.6. The predicted octanol–water partition coefficient (Wildman–Crippen LogP) is 2.20. The molecule has 2 aliphatic rings. The fourth-order valence-electron chi connectivity index (χ4n) is 3.18. The van der Waals surface area contributed by atoms with E-state index in [0.717, 1.165) is 12.0 Å². The SMILES string of the molecule is CCN1CCN(C2CCCC(C)C2)CC1. The Hall–Kier alpha value is -0.0800. The molecule has 2 rings (SSSR count). The van der Waals surface area contributed by atoms with Crippen molar-refractivity contribution in [2.45, 2.75) is 45.6 Å². The number of likely N-dealkylation sites (N-methyl/N-ethyl adjacent to an activating group) is 1. The smallest absolute Gasteiger partial charge is 0.0113 e. The van der Waals surface area contributed by atoms with Crippen molar-refractivity contribution >= 4 is 0 Å². The van der Waals surface area contributed by atoms with Crippen LogP contribution in [-0.4, -0.2) is 48.6 Å². The minimum Gasteiger partial charge on any atom is -0.301 e. The molecule has 0 N–H and O–H groups in total. The molecule has 2 atom stereocenters. The summed E-state index contributed by atoms with van der Waals surface area (Å²) in [7, 11) is 0. The maximum Gasteiger partial charge on any atom is 0.0113 e. The van der Waals surface area contributed by atoms with E-state index >= 15 is 0 Å². The van der Waals surface area contributed by atoms with Gasteiger partial charge in [-0.15, -0.1) is 0 Å². The first-order chi connectivity index (χ1) is 7.29. The van der Waals surface area contributed by atoms with E-state index in [-0.39, 0.29) is 0 Å². The second-order valence-corrected chi connectivity index (χ2v) is 5.40. The van der Waals surface area contributed by atoms with Gasteiger partial charge in [0.2, 0.25) is 0 Å². The molecular weight excluding hydrogens is 184 g/mol. The Morgan fingerprint density at radius 2 is 1.80 bits per heavy atom. The van der Waals surface area contributed by atoms with Gasteiger partial charge >= 0.3 is 0 Å². The van der Waals surface area contributed by atoms with Gasteiger partial charge in [-0.25, -0.2) is 0 Å². The van der Waals surface area contributed by atoms with E-state index in [1.54, 1.807) is 0 Å². The van der Waals surface area contributed by atoms with Crippen LogP contribution in [0.4, 0.5) is 0 Å². The summed E-state index contributed by atoms with van der Waals surface area (Å²) in [6, 6.07) is 0.910. The minimum absolute atomic E-state index is 0.910. The van der Waals surface area contributed by atoms with E-state index in [0.29, 0.717) is 0 Å². The van der Waals surface area contributed by atoms with E-state index in [2.05, 4.69) is 23.6 Å². The molecule has 0 radical (unpaired) electrons. The summed E-state index contributed by atoms with van der Waals surface area (Å²) in [6.07, 6.45) is 5.83. The van der Waals surface area contributed by atoms with Crippen LogP contribution in [-0.2, 0) is 0 Å². The van der Waals surface area contributed by atoms with E-state index in [4.69, 9.17) is 0 Å². The largest absolute Gasteiger partial charge is 0.301 e. The third-order valence-electron chi connectivity index (χ3n) is 4.28. The number of hydrogen-bond donors (Lipinski definition) is 0. The molecule has 0 bridgehead atoms. The summed E-state index contributed by atoms with van der Waals surface area (Å²) in [5.74, 6) is 0.966. The standard InChI is InChI=1S/C13H26N2/c1-3-14-7-9-15(10-8-14)13-6-4-5-12(2)11-13/h12-13H,3-11H2,1-2H3. The highest BCUT2D eigenvalue weighted by Gasteiger charge is 2.26. The molecule has 2 heteroatoms. The van der Waals surface area contributed by atoms with Crippen LogP contribution < -0.4 is 0 Å². The van der Waals surface area contributed by atoms with Crippen molar-refractivity contribution < 1.29 is 0 Å². The molecule has 1 saturated carbocycles. The van der Waals surface area contributed by atoms with E-state index in [1.165, 1.54) is 58.4 Å². The summed E-state index contributed by atoms with van der Waals surface area (Å²) in [5.41, 5.74) is 0. The van der Waals surface area contributed by atoms with Gasteiger partial charge < -0.3 is 4.90 Å². The molecule has 2 nitrogen and oxygen atoms in total. The topological polar surface area (TPSA) is 6.48 Å². The Kier molecular flexibility index (Phi) is 4.04. The van der Waals surface area contributed by atoms with Gasteiger partial charge in [0.15, 0.2) is 0 Å². The highest BCUT2D eigenvalue weighted by atomic mass is 15.3. The molecule has 0 spiro atoms. The monoisotopic (exact) mass is 210 g/mol. The number of rotatable bonds is 2. The summed E-state index contributed by atoms with van der Waals surface area (Å²) in [6.45, 7) is 11.1. The lowest BCUT2D eigenvalue weighted by Gasteiger charge is -2.41. The summed E-state index contributed by atoms with van der Waals surface area (Å²) in [5, 5.41) is 0. The van der Waals surface area contributed by atoms with Gasteiger partial charge in [0.25, 0.3) is 0 Å². The van der Waals surface area contributed by atoms with E-state index < -0.39 is 0 Å². The maximum absolute atomic E-state index is 2.75. The van der Waals surface area contributed by atoms with Crippen LogP contribution in [0.25, 0.3) is 0 Å². The van der Waals surface area contributed by atoms with Gasteiger partial charge in [-0.1, -0.05) is 26.7 Å². The van der Waals surface area contributed by atoms with Gasteiger partial charge in [0.05, 0.1) is 0 Å². The fraction of sp³-hybridized carbons (Fsp3) is 1.00. The fourth-order valence-corrected chi connectivity index (χ4v) is 3.18. The summed E-state index contributed by atoms with van der Waals surface area (Å²) in [4.78, 5) is 5.32. The highest BCUT2D eigenvalue weighted by Crippen LogP contribution is 2.27. The molecule has 1 saturated heterocycles. The molecule has 2 fully saturated rings. The zero-order chi connectivity index (χ0) is 10.7. The van der Waals surface area contributed by atoms with Crippen LogP contribution in [0.1, 0.15) is 39.5 Å². The van der Waals surface area contributed by atoms with Crippen molar-refractivity contribution in [3.63, 3.8) is 0 Å². The molecule has 2 unspecified atom stereocenters. The molecule has 0 aromatic carbocycles.